The number of nitrogens with zero attached hydrogens (tertiary/aromatic N) is 2. The number of nitrogens with one attached hydrogen (secondary N) is 1. The lowest BCUT2D eigenvalue weighted by Crippen LogP contribution is -2.49. The fourth-order valence-electron chi connectivity index (χ4n) is 2.35. The fraction of sp³-hybridized carbons (Fsp3) is 0.667. The van der Waals surface area contributed by atoms with Crippen LogP contribution in [0.4, 0.5) is 5.82 Å². The van der Waals surface area contributed by atoms with Crippen molar-refractivity contribution < 1.29 is 9.84 Å². The van der Waals surface area contributed by atoms with Gasteiger partial charge in [0.05, 0.1) is 25.4 Å². The average Bonchev–Trinajstić information content (AvgIpc) is 2.49. The molecular weight excluding hydrogens is 254 g/mol. The summed E-state index contributed by atoms with van der Waals surface area (Å²) in [5, 5.41) is 12.6. The summed E-state index contributed by atoms with van der Waals surface area (Å²) in [7, 11) is 0. The number of ether oxygens (including phenoxy) is 1. The Balaban J connectivity index is 1.97. The number of anilines is 1. The first-order valence-electron chi connectivity index (χ1n) is 7.39. The summed E-state index contributed by atoms with van der Waals surface area (Å²) in [4.78, 5) is 6.75. The molecule has 112 valence electrons. The van der Waals surface area contributed by atoms with Gasteiger partial charge in [-0.15, -0.1) is 0 Å². The second-order valence-electron chi connectivity index (χ2n) is 5.34. The number of aromatic nitrogens is 1. The van der Waals surface area contributed by atoms with Crippen LogP contribution in [0.3, 0.4) is 0 Å². The molecule has 2 rings (SSSR count). The number of pyridine rings is 1. The Morgan fingerprint density at radius 1 is 1.50 bits per heavy atom. The summed E-state index contributed by atoms with van der Waals surface area (Å²) in [5.74, 6) is 0.957. The molecule has 5 nitrogen and oxygen atoms in total. The molecule has 1 aliphatic heterocycles. The predicted molar refractivity (Wildman–Crippen MR) is 79.9 cm³/mol. The van der Waals surface area contributed by atoms with Crippen LogP contribution in [0.25, 0.3) is 0 Å². The zero-order chi connectivity index (χ0) is 14.4. The topological polar surface area (TPSA) is 57.6 Å². The van der Waals surface area contributed by atoms with Gasteiger partial charge in [0.2, 0.25) is 0 Å². The highest BCUT2D eigenvalue weighted by molar-refractivity contribution is 5.41. The van der Waals surface area contributed by atoms with E-state index >= 15 is 0 Å². The van der Waals surface area contributed by atoms with Gasteiger partial charge in [0.1, 0.15) is 5.82 Å². The normalized spacial score (nSPS) is 23.1. The zero-order valence-corrected chi connectivity index (χ0v) is 12.4. The molecule has 5 heteroatoms. The van der Waals surface area contributed by atoms with E-state index in [1.54, 1.807) is 0 Å². The Bertz CT molecular complexity index is 397. The minimum absolute atomic E-state index is 0.0578. The Labute approximate surface area is 121 Å². The predicted octanol–water partition coefficient (Wildman–Crippen LogP) is 1.17. The number of aliphatic hydroxyl groups is 1. The third-order valence-electron chi connectivity index (χ3n) is 3.57. The van der Waals surface area contributed by atoms with Gasteiger partial charge in [-0.05, 0) is 31.5 Å². The summed E-state index contributed by atoms with van der Waals surface area (Å²) < 4.78 is 5.55. The largest absolute Gasteiger partial charge is 0.394 e. The quantitative estimate of drug-likeness (QED) is 0.766. The van der Waals surface area contributed by atoms with Gasteiger partial charge < -0.3 is 20.1 Å². The molecule has 2 atom stereocenters. The molecular formula is C15H25N3O2. The molecule has 0 amide bonds. The van der Waals surface area contributed by atoms with E-state index in [0.717, 1.165) is 25.3 Å². The third-order valence-corrected chi connectivity index (χ3v) is 3.57. The van der Waals surface area contributed by atoms with Crippen LogP contribution in [0, 0.1) is 0 Å². The van der Waals surface area contributed by atoms with Crippen molar-refractivity contribution >= 4 is 5.82 Å². The summed E-state index contributed by atoms with van der Waals surface area (Å²) >= 11 is 0. The van der Waals surface area contributed by atoms with Gasteiger partial charge in [-0.2, -0.15) is 0 Å². The van der Waals surface area contributed by atoms with Crippen molar-refractivity contribution in [1.82, 2.24) is 10.3 Å². The Morgan fingerprint density at radius 3 is 3.00 bits per heavy atom. The molecule has 2 unspecified atom stereocenters. The lowest BCUT2D eigenvalue weighted by molar-refractivity contribution is -0.0105. The first-order chi connectivity index (χ1) is 9.74. The smallest absolute Gasteiger partial charge is 0.128 e. The molecule has 0 aliphatic carbocycles. The second kappa shape index (κ2) is 7.57. The van der Waals surface area contributed by atoms with E-state index in [0.29, 0.717) is 13.2 Å². The Morgan fingerprint density at radius 2 is 2.35 bits per heavy atom. The van der Waals surface area contributed by atoms with Crippen molar-refractivity contribution in [3.05, 3.63) is 23.9 Å². The van der Waals surface area contributed by atoms with Crippen molar-refractivity contribution in [2.45, 2.75) is 39.0 Å². The highest BCUT2D eigenvalue weighted by Gasteiger charge is 2.26. The lowest BCUT2D eigenvalue weighted by Gasteiger charge is -2.38. The first-order valence-corrected chi connectivity index (χ1v) is 7.39. The first kappa shape index (κ1) is 15.2. The maximum Gasteiger partial charge on any atom is 0.128 e. The SMILES string of the molecule is CCCNCc1ccc(N2CC(CO)OCC2C)nc1. The van der Waals surface area contributed by atoms with Gasteiger partial charge >= 0.3 is 0 Å². The average molecular weight is 279 g/mol. The van der Waals surface area contributed by atoms with Gasteiger partial charge in [0.25, 0.3) is 0 Å². The molecule has 1 saturated heterocycles. The second-order valence-corrected chi connectivity index (χ2v) is 5.34. The summed E-state index contributed by atoms with van der Waals surface area (Å²) in [6.07, 6.45) is 2.95. The van der Waals surface area contributed by atoms with Gasteiger partial charge in [0.15, 0.2) is 0 Å². The third kappa shape index (κ3) is 3.91. The van der Waals surface area contributed by atoms with Crippen LogP contribution in [-0.4, -0.2) is 48.5 Å². The molecule has 0 aromatic carbocycles. The van der Waals surface area contributed by atoms with Crippen molar-refractivity contribution in [3.63, 3.8) is 0 Å². The minimum atomic E-state index is -0.112. The molecule has 1 aliphatic rings. The summed E-state index contributed by atoms with van der Waals surface area (Å²) in [6.45, 7) is 7.55. The van der Waals surface area contributed by atoms with Crippen LogP contribution in [0.5, 0.6) is 0 Å². The van der Waals surface area contributed by atoms with Crippen LogP contribution in [0.1, 0.15) is 25.8 Å². The molecule has 0 bridgehead atoms. The molecule has 0 spiro atoms. The molecule has 1 fully saturated rings. The number of hydrogen-bond donors (Lipinski definition) is 2. The molecule has 2 N–H and O–H groups in total. The molecule has 1 aromatic rings. The monoisotopic (exact) mass is 279 g/mol. The highest BCUT2D eigenvalue weighted by atomic mass is 16.5. The van der Waals surface area contributed by atoms with E-state index in [2.05, 4.69) is 41.2 Å². The number of hydrogen-bond acceptors (Lipinski definition) is 5. The molecule has 0 radical (unpaired) electrons. The highest BCUT2D eigenvalue weighted by Crippen LogP contribution is 2.19. The Kier molecular flexibility index (Phi) is 5.76. The van der Waals surface area contributed by atoms with Crippen LogP contribution in [0.15, 0.2) is 18.3 Å². The standard InChI is InChI=1S/C15H25N3O2/c1-3-6-16-7-13-4-5-15(17-8-13)18-9-14(10-19)20-11-12(18)2/h4-5,8,12,14,16,19H,3,6-7,9-11H2,1-2H3. The van der Waals surface area contributed by atoms with E-state index < -0.39 is 0 Å². The fourth-order valence-corrected chi connectivity index (χ4v) is 2.35. The maximum absolute atomic E-state index is 9.23. The van der Waals surface area contributed by atoms with E-state index in [1.165, 1.54) is 5.56 Å². The van der Waals surface area contributed by atoms with Crippen LogP contribution < -0.4 is 10.2 Å². The van der Waals surface area contributed by atoms with Crippen LogP contribution in [-0.2, 0) is 11.3 Å². The van der Waals surface area contributed by atoms with Gasteiger partial charge in [-0.3, -0.25) is 0 Å². The van der Waals surface area contributed by atoms with Crippen molar-refractivity contribution in [3.8, 4) is 0 Å². The van der Waals surface area contributed by atoms with Crippen molar-refractivity contribution in [1.29, 1.82) is 0 Å². The number of aliphatic hydroxyl groups excluding tert-OH is 1. The Hall–Kier alpha value is -1.17. The summed E-state index contributed by atoms with van der Waals surface area (Å²) in [5.41, 5.74) is 1.20. The summed E-state index contributed by atoms with van der Waals surface area (Å²) in [6, 6.07) is 4.45. The van der Waals surface area contributed by atoms with Crippen molar-refractivity contribution in [2.75, 3.05) is 31.2 Å². The van der Waals surface area contributed by atoms with Gasteiger partial charge in [0, 0.05) is 19.3 Å². The molecule has 0 saturated carbocycles. The molecule has 1 aromatic heterocycles. The lowest BCUT2D eigenvalue weighted by atomic mass is 10.2. The minimum Gasteiger partial charge on any atom is -0.394 e. The van der Waals surface area contributed by atoms with E-state index in [1.807, 2.05) is 6.20 Å². The van der Waals surface area contributed by atoms with E-state index in [9.17, 15) is 5.11 Å². The number of rotatable bonds is 6. The van der Waals surface area contributed by atoms with Gasteiger partial charge in [-0.25, -0.2) is 4.98 Å². The molecule has 2 heterocycles. The zero-order valence-electron chi connectivity index (χ0n) is 12.4. The van der Waals surface area contributed by atoms with Gasteiger partial charge in [-0.1, -0.05) is 13.0 Å². The van der Waals surface area contributed by atoms with Crippen LogP contribution in [0.2, 0.25) is 0 Å². The van der Waals surface area contributed by atoms with Crippen molar-refractivity contribution in [2.24, 2.45) is 0 Å². The van der Waals surface area contributed by atoms with E-state index in [-0.39, 0.29) is 18.8 Å². The van der Waals surface area contributed by atoms with E-state index in [4.69, 9.17) is 4.74 Å². The molecule has 20 heavy (non-hydrogen) atoms. The van der Waals surface area contributed by atoms with Crippen LogP contribution >= 0.6 is 0 Å². The number of morpholine rings is 1. The maximum atomic E-state index is 9.23.